The highest BCUT2D eigenvalue weighted by molar-refractivity contribution is 5.39. The van der Waals surface area contributed by atoms with Crippen LogP contribution >= 0.6 is 0 Å². The molecule has 0 fully saturated rings. The van der Waals surface area contributed by atoms with Gasteiger partial charge in [-0.3, -0.25) is 10.1 Å². The van der Waals surface area contributed by atoms with E-state index >= 15 is 0 Å². The van der Waals surface area contributed by atoms with Gasteiger partial charge in [0.15, 0.2) is 0 Å². The molecule has 0 saturated heterocycles. The van der Waals surface area contributed by atoms with Crippen molar-refractivity contribution in [2.45, 2.75) is 13.8 Å². The van der Waals surface area contributed by atoms with Crippen molar-refractivity contribution in [3.8, 4) is 5.69 Å². The zero-order chi connectivity index (χ0) is 11.7. The molecule has 1 heterocycles. The Bertz CT molecular complexity index is 529. The summed E-state index contributed by atoms with van der Waals surface area (Å²) in [6.07, 6.45) is 1.43. The molecule has 0 aliphatic heterocycles. The van der Waals surface area contributed by atoms with E-state index in [2.05, 4.69) is 5.10 Å². The lowest BCUT2D eigenvalue weighted by Gasteiger charge is -1.99. The first-order valence-corrected chi connectivity index (χ1v) is 4.85. The maximum atomic E-state index is 10.7. The first-order valence-electron chi connectivity index (χ1n) is 4.85. The molecule has 5 heteroatoms. The van der Waals surface area contributed by atoms with Gasteiger partial charge >= 0.3 is 5.69 Å². The molecule has 0 N–H and O–H groups in total. The molecule has 0 spiro atoms. The molecule has 5 nitrogen and oxygen atoms in total. The summed E-state index contributed by atoms with van der Waals surface area (Å²) in [5, 5.41) is 14.8. The average Bonchev–Trinajstić information content (AvgIpc) is 2.61. The molecular formula is C11H11N3O2. The molecule has 1 aromatic carbocycles. The lowest BCUT2D eigenvalue weighted by Crippen LogP contribution is -1.94. The quantitative estimate of drug-likeness (QED) is 0.573. The van der Waals surface area contributed by atoms with E-state index in [9.17, 15) is 10.1 Å². The summed E-state index contributed by atoms with van der Waals surface area (Å²) in [4.78, 5) is 10.2. The minimum atomic E-state index is -0.424. The third-order valence-corrected chi connectivity index (χ3v) is 2.37. The van der Waals surface area contributed by atoms with Gasteiger partial charge < -0.3 is 0 Å². The maximum absolute atomic E-state index is 10.7. The molecule has 2 aromatic rings. The van der Waals surface area contributed by atoms with Gasteiger partial charge in [0.1, 0.15) is 11.9 Å². The number of nitrogens with zero attached hydrogens (tertiary/aromatic N) is 3. The van der Waals surface area contributed by atoms with Crippen LogP contribution < -0.4 is 0 Å². The summed E-state index contributed by atoms with van der Waals surface area (Å²) in [6.45, 7) is 3.61. The summed E-state index contributed by atoms with van der Waals surface area (Å²) in [6, 6.07) is 7.65. The Kier molecular flexibility index (Phi) is 2.44. The summed E-state index contributed by atoms with van der Waals surface area (Å²) in [7, 11) is 0. The number of aryl methyl sites for hydroxylation is 2. The van der Waals surface area contributed by atoms with Gasteiger partial charge in [0.05, 0.1) is 10.6 Å². The number of hydrogen-bond donors (Lipinski definition) is 0. The molecular weight excluding hydrogens is 206 g/mol. The molecule has 82 valence electrons. The lowest BCUT2D eigenvalue weighted by molar-refractivity contribution is -0.385. The van der Waals surface area contributed by atoms with Crippen LogP contribution in [-0.2, 0) is 0 Å². The summed E-state index contributed by atoms with van der Waals surface area (Å²) < 4.78 is 1.52. The van der Waals surface area contributed by atoms with Gasteiger partial charge in [-0.15, -0.1) is 0 Å². The minimum Gasteiger partial charge on any atom is -0.258 e. The molecule has 0 atom stereocenters. The number of hydrogen-bond acceptors (Lipinski definition) is 3. The van der Waals surface area contributed by atoms with Gasteiger partial charge in [-0.05, 0) is 26.0 Å². The van der Waals surface area contributed by atoms with E-state index in [1.807, 2.05) is 31.2 Å². The standard InChI is InChI=1S/C11H11N3O2/c1-8-3-5-10(6-4-8)13-7-11(14(15)16)9(2)12-13/h3-7H,1-2H3. The highest BCUT2D eigenvalue weighted by Gasteiger charge is 2.15. The molecule has 1 aromatic heterocycles. The monoisotopic (exact) mass is 217 g/mol. The van der Waals surface area contributed by atoms with Crippen LogP contribution in [0.2, 0.25) is 0 Å². The fourth-order valence-electron chi connectivity index (χ4n) is 1.46. The summed E-state index contributed by atoms with van der Waals surface area (Å²) >= 11 is 0. The van der Waals surface area contributed by atoms with Gasteiger partial charge in [0.25, 0.3) is 0 Å². The van der Waals surface area contributed by atoms with Crippen LogP contribution in [0.25, 0.3) is 5.69 Å². The van der Waals surface area contributed by atoms with Crippen LogP contribution in [0.1, 0.15) is 11.3 Å². The second-order valence-corrected chi connectivity index (χ2v) is 3.64. The number of benzene rings is 1. The van der Waals surface area contributed by atoms with Crippen molar-refractivity contribution in [1.29, 1.82) is 0 Å². The fraction of sp³-hybridized carbons (Fsp3) is 0.182. The molecule has 2 rings (SSSR count). The number of aromatic nitrogens is 2. The maximum Gasteiger partial charge on any atom is 0.310 e. The van der Waals surface area contributed by atoms with Crippen LogP contribution in [0.3, 0.4) is 0 Å². The summed E-state index contributed by atoms with van der Waals surface area (Å²) in [5.74, 6) is 0. The first-order chi connectivity index (χ1) is 7.58. The fourth-order valence-corrected chi connectivity index (χ4v) is 1.46. The predicted molar refractivity (Wildman–Crippen MR) is 59.7 cm³/mol. The van der Waals surface area contributed by atoms with Crippen LogP contribution in [0.4, 0.5) is 5.69 Å². The van der Waals surface area contributed by atoms with E-state index in [1.165, 1.54) is 10.9 Å². The second-order valence-electron chi connectivity index (χ2n) is 3.64. The molecule has 0 bridgehead atoms. The van der Waals surface area contributed by atoms with E-state index < -0.39 is 4.92 Å². The Hall–Kier alpha value is -2.17. The average molecular weight is 217 g/mol. The van der Waals surface area contributed by atoms with Crippen LogP contribution in [0.15, 0.2) is 30.5 Å². The molecule has 0 aliphatic carbocycles. The van der Waals surface area contributed by atoms with E-state index in [1.54, 1.807) is 6.92 Å². The molecule has 0 radical (unpaired) electrons. The molecule has 16 heavy (non-hydrogen) atoms. The third kappa shape index (κ3) is 1.79. The Labute approximate surface area is 92.5 Å². The molecule has 0 saturated carbocycles. The Balaban J connectivity index is 2.45. The van der Waals surface area contributed by atoms with E-state index in [-0.39, 0.29) is 5.69 Å². The largest absolute Gasteiger partial charge is 0.310 e. The van der Waals surface area contributed by atoms with E-state index in [0.717, 1.165) is 11.3 Å². The topological polar surface area (TPSA) is 61.0 Å². The van der Waals surface area contributed by atoms with Crippen molar-refractivity contribution < 1.29 is 4.92 Å². The molecule has 0 amide bonds. The number of rotatable bonds is 2. The molecule has 0 aliphatic rings. The van der Waals surface area contributed by atoms with Gasteiger partial charge in [-0.25, -0.2) is 4.68 Å². The van der Waals surface area contributed by atoms with Gasteiger partial charge in [-0.1, -0.05) is 17.7 Å². The van der Waals surface area contributed by atoms with E-state index in [4.69, 9.17) is 0 Å². The first kappa shape index (κ1) is 10.4. The van der Waals surface area contributed by atoms with Crippen molar-refractivity contribution in [1.82, 2.24) is 9.78 Å². The zero-order valence-electron chi connectivity index (χ0n) is 9.04. The van der Waals surface area contributed by atoms with Crippen molar-refractivity contribution >= 4 is 5.69 Å². The van der Waals surface area contributed by atoms with Crippen LogP contribution in [0, 0.1) is 24.0 Å². The second kappa shape index (κ2) is 3.77. The number of nitro groups is 1. The highest BCUT2D eigenvalue weighted by atomic mass is 16.6. The Morgan fingerprint density at radius 2 is 1.88 bits per heavy atom. The summed E-state index contributed by atoms with van der Waals surface area (Å²) in [5.41, 5.74) is 2.43. The minimum absolute atomic E-state index is 0.0422. The van der Waals surface area contributed by atoms with Crippen LogP contribution in [-0.4, -0.2) is 14.7 Å². The predicted octanol–water partition coefficient (Wildman–Crippen LogP) is 2.40. The van der Waals surface area contributed by atoms with Gasteiger partial charge in [0, 0.05) is 0 Å². The Morgan fingerprint density at radius 3 is 2.38 bits per heavy atom. The van der Waals surface area contributed by atoms with Gasteiger partial charge in [-0.2, -0.15) is 5.10 Å². The van der Waals surface area contributed by atoms with Crippen molar-refractivity contribution in [3.05, 3.63) is 51.8 Å². The smallest absolute Gasteiger partial charge is 0.258 e. The van der Waals surface area contributed by atoms with Gasteiger partial charge in [0.2, 0.25) is 0 Å². The third-order valence-electron chi connectivity index (χ3n) is 2.37. The highest BCUT2D eigenvalue weighted by Crippen LogP contribution is 2.18. The lowest BCUT2D eigenvalue weighted by atomic mass is 10.2. The van der Waals surface area contributed by atoms with Crippen molar-refractivity contribution in [2.24, 2.45) is 0 Å². The zero-order valence-corrected chi connectivity index (χ0v) is 9.04. The molecule has 0 unspecified atom stereocenters. The van der Waals surface area contributed by atoms with Crippen molar-refractivity contribution in [2.75, 3.05) is 0 Å². The Morgan fingerprint density at radius 1 is 1.25 bits per heavy atom. The SMILES string of the molecule is Cc1ccc(-n2cc([N+](=O)[O-])c(C)n2)cc1. The van der Waals surface area contributed by atoms with Crippen LogP contribution in [0.5, 0.6) is 0 Å². The van der Waals surface area contributed by atoms with Crippen molar-refractivity contribution in [3.63, 3.8) is 0 Å². The normalized spacial score (nSPS) is 10.4. The van der Waals surface area contributed by atoms with E-state index in [0.29, 0.717) is 5.69 Å².